The molecule has 1 aliphatic carbocycles. The molecule has 1 aromatic heterocycles. The minimum Gasteiger partial charge on any atom is -0.491 e. The van der Waals surface area contributed by atoms with Gasteiger partial charge in [-0.3, -0.25) is 19.7 Å². The number of thiol groups is 1. The van der Waals surface area contributed by atoms with Gasteiger partial charge in [0.1, 0.15) is 38.3 Å². The molecule has 1 saturated heterocycles. The summed E-state index contributed by atoms with van der Waals surface area (Å²) in [5, 5.41) is 25.8. The maximum atomic E-state index is 13.1. The molecule has 6 rings (SSSR count). The number of hydrogen-bond acceptors (Lipinski definition) is 13. The number of nitrogens with one attached hydrogen (secondary N) is 3. The first-order chi connectivity index (χ1) is 31.9. The van der Waals surface area contributed by atoms with Crippen LogP contribution in [0.2, 0.25) is 5.02 Å². The third-order valence-corrected chi connectivity index (χ3v) is 12.2. The number of rotatable bonds is 21. The summed E-state index contributed by atoms with van der Waals surface area (Å²) in [6.45, 7) is 14.6. The number of imide groups is 1. The van der Waals surface area contributed by atoms with Crippen LogP contribution in [0.5, 0.6) is 11.5 Å². The van der Waals surface area contributed by atoms with Crippen molar-refractivity contribution in [3.8, 4) is 17.6 Å². The first-order valence-electron chi connectivity index (χ1n) is 22.9. The van der Waals surface area contributed by atoms with E-state index < -0.39 is 9.58 Å². The second-order valence-corrected chi connectivity index (χ2v) is 19.2. The number of ether oxygens (including phenoxy) is 3. The van der Waals surface area contributed by atoms with Gasteiger partial charge in [-0.15, -0.1) is 0 Å². The number of quaternary nitrogens is 1. The summed E-state index contributed by atoms with van der Waals surface area (Å²) >= 11 is 10.7. The van der Waals surface area contributed by atoms with Crippen molar-refractivity contribution in [1.29, 1.82) is 5.26 Å². The number of allylic oxidation sites excluding steroid dienone is 2. The van der Waals surface area contributed by atoms with Crippen molar-refractivity contribution in [1.82, 2.24) is 15.3 Å². The molecule has 2 aliphatic rings. The predicted molar refractivity (Wildman–Crippen MR) is 264 cm³/mol. The number of benzene rings is 3. The van der Waals surface area contributed by atoms with E-state index in [1.165, 1.54) is 24.6 Å². The number of nitrogens with zero attached hydrogens (tertiary/aromatic N) is 4. The normalized spacial score (nSPS) is 15.6. The standard InChI is InChI=1S/C45H56ClN6O5S.C6H9NO2/c1-30(2)42(53)40-25-37(15-18-39(40)31(3)33-11-10-12-33)48-19-22-55-20-8-7-9-21-56-43-34(26-47)23-36(24-41(43)46)45(4,5)35-13-16-38(17-14-35)57-29-32-27-49-44(50-28-32)51-52(6,54)58;1-4-2-3-5(8)7-6(4)9/h13-18,23-25,27-28,30,48,54,58H,7-12,19-22,29H2,1-6H3,(H,49,50,51);4H,2-3H2,1H3,(H,7,8,9)/q+1;. The molecule has 2 fully saturated rings. The van der Waals surface area contributed by atoms with Crippen molar-refractivity contribution in [2.45, 2.75) is 105 Å². The van der Waals surface area contributed by atoms with Gasteiger partial charge < -0.3 is 19.5 Å². The Hall–Kier alpha value is -5.50. The number of unbranched alkanes of at least 4 members (excludes halogenated alkanes) is 2. The summed E-state index contributed by atoms with van der Waals surface area (Å²) in [6, 6.07) is 19.9. The molecule has 0 radical (unpaired) electrons. The molecule has 14 nitrogen and oxygen atoms in total. The van der Waals surface area contributed by atoms with E-state index in [1.54, 1.807) is 12.4 Å². The number of carbonyl (C=O) groups excluding carboxylic acids is 3. The predicted octanol–water partition coefficient (Wildman–Crippen LogP) is 10.4. The van der Waals surface area contributed by atoms with Gasteiger partial charge in [0.05, 0.1) is 23.8 Å². The fourth-order valence-corrected chi connectivity index (χ4v) is 7.77. The van der Waals surface area contributed by atoms with Gasteiger partial charge in [0.25, 0.3) is 5.95 Å². The third-order valence-electron chi connectivity index (χ3n) is 11.9. The highest BCUT2D eigenvalue weighted by Gasteiger charge is 2.27. The van der Waals surface area contributed by atoms with Crippen LogP contribution in [-0.4, -0.2) is 70.3 Å². The van der Waals surface area contributed by atoms with E-state index in [1.807, 2.05) is 63.2 Å². The number of halogens is 1. The van der Waals surface area contributed by atoms with Gasteiger partial charge in [0, 0.05) is 66.0 Å². The Kier molecular flexibility index (Phi) is 19.2. The van der Waals surface area contributed by atoms with E-state index in [-0.39, 0.29) is 42.0 Å². The molecule has 3 aromatic carbocycles. The van der Waals surface area contributed by atoms with E-state index in [9.17, 15) is 24.9 Å². The molecule has 1 saturated carbocycles. The molecule has 2 unspecified atom stereocenters. The van der Waals surface area contributed by atoms with Crippen LogP contribution >= 0.6 is 24.4 Å². The number of ketones is 1. The van der Waals surface area contributed by atoms with Gasteiger partial charge in [-0.1, -0.05) is 70.0 Å². The summed E-state index contributed by atoms with van der Waals surface area (Å²) in [7, 11) is 1.42. The van der Waals surface area contributed by atoms with E-state index in [4.69, 9.17) is 25.8 Å². The highest BCUT2D eigenvalue weighted by Crippen LogP contribution is 2.39. The van der Waals surface area contributed by atoms with Crippen molar-refractivity contribution in [3.63, 3.8) is 0 Å². The average Bonchev–Trinajstić information content (AvgIpc) is 3.27. The van der Waals surface area contributed by atoms with E-state index in [2.05, 4.69) is 77.8 Å². The van der Waals surface area contributed by atoms with Crippen LogP contribution in [0.1, 0.15) is 131 Å². The summed E-state index contributed by atoms with van der Waals surface area (Å²) in [5.74, 6) is 1.16. The quantitative estimate of drug-likeness (QED) is 0.0133. The van der Waals surface area contributed by atoms with Gasteiger partial charge in [-0.05, 0) is 115 Å². The Bertz CT molecular complexity index is 2410. The first-order valence-corrected chi connectivity index (χ1v) is 23.7. The SMILES string of the molecule is CC(=C1CCC1)c1ccc(NCCOCCCCCOc2c(Cl)cc(C(C)(C)c3ccc(OCc4cnc(N[N+](C)(O)S)nc4)cc3)cc2C#N)cc1C(=O)C(C)C.CC1CCC(=O)NC1=O. The molecule has 2 amide bonds. The number of anilines is 2. The molecular formula is C51H65ClN7O7S+. The van der Waals surface area contributed by atoms with Crippen molar-refractivity contribution >= 4 is 59.2 Å². The number of carbonyl (C=O) groups is 3. The van der Waals surface area contributed by atoms with Crippen LogP contribution in [0.3, 0.4) is 0 Å². The number of nitriles is 1. The monoisotopic (exact) mass is 954 g/mol. The lowest BCUT2D eigenvalue weighted by Crippen LogP contribution is -2.39. The first kappa shape index (κ1) is 52.5. The summed E-state index contributed by atoms with van der Waals surface area (Å²) in [6.07, 6.45) is 10.5. The lowest BCUT2D eigenvalue weighted by molar-refractivity contribution is -0.955. The zero-order chi connectivity index (χ0) is 48.7. The molecule has 358 valence electrons. The maximum absolute atomic E-state index is 13.1. The zero-order valence-electron chi connectivity index (χ0n) is 39.7. The molecule has 2 heterocycles. The number of aromatic nitrogens is 2. The minimum absolute atomic E-state index is 0.0164. The van der Waals surface area contributed by atoms with Gasteiger partial charge in [0.2, 0.25) is 11.8 Å². The Morgan fingerprint density at radius 1 is 0.985 bits per heavy atom. The average molecular weight is 956 g/mol. The van der Waals surface area contributed by atoms with Crippen LogP contribution in [0.4, 0.5) is 11.6 Å². The molecule has 4 N–H and O–H groups in total. The van der Waals surface area contributed by atoms with Gasteiger partial charge in [0.15, 0.2) is 11.5 Å². The molecule has 67 heavy (non-hydrogen) atoms. The fourth-order valence-electron chi connectivity index (χ4n) is 7.41. The molecule has 2 atom stereocenters. The summed E-state index contributed by atoms with van der Waals surface area (Å²) < 4.78 is 17.1. The number of hydrogen-bond donors (Lipinski definition) is 5. The van der Waals surface area contributed by atoms with Crippen molar-refractivity contribution in [3.05, 3.63) is 111 Å². The van der Waals surface area contributed by atoms with Gasteiger partial charge in [-0.25, -0.2) is 9.97 Å². The maximum Gasteiger partial charge on any atom is 0.273 e. The fraction of sp³-hybridized carbons (Fsp3) is 0.451. The van der Waals surface area contributed by atoms with Gasteiger partial charge >= 0.3 is 0 Å². The van der Waals surface area contributed by atoms with Crippen LogP contribution in [0.25, 0.3) is 5.57 Å². The van der Waals surface area contributed by atoms with Gasteiger partial charge in [-0.2, -0.15) is 15.9 Å². The van der Waals surface area contributed by atoms with E-state index in [0.29, 0.717) is 61.3 Å². The molecule has 0 spiro atoms. The second-order valence-electron chi connectivity index (χ2n) is 18.0. The number of piperidine rings is 1. The topological polar surface area (TPSA) is 185 Å². The minimum atomic E-state index is -0.792. The van der Waals surface area contributed by atoms with Crippen LogP contribution in [0.15, 0.2) is 72.6 Å². The van der Waals surface area contributed by atoms with Crippen LogP contribution in [-0.2, 0) is 26.3 Å². The van der Waals surface area contributed by atoms with Crippen LogP contribution in [0, 0.1) is 23.2 Å². The second kappa shape index (κ2) is 24.5. The third kappa shape index (κ3) is 15.5. The molecule has 16 heteroatoms. The largest absolute Gasteiger partial charge is 0.491 e. The lowest BCUT2D eigenvalue weighted by Gasteiger charge is -2.27. The van der Waals surface area contributed by atoms with Crippen molar-refractivity contribution in [2.75, 3.05) is 44.2 Å². The Morgan fingerprint density at radius 2 is 1.69 bits per heavy atom. The molecule has 0 bridgehead atoms. The molecule has 4 aromatic rings. The number of Topliss-reactive ketones (excluding diaryl/α,β-unsaturated/α-hetero) is 1. The molecule has 1 aliphatic heterocycles. The van der Waals surface area contributed by atoms with E-state index >= 15 is 0 Å². The summed E-state index contributed by atoms with van der Waals surface area (Å²) in [4.78, 5) is 42.6. The highest BCUT2D eigenvalue weighted by molar-refractivity contribution is 7.74. The van der Waals surface area contributed by atoms with E-state index in [0.717, 1.165) is 65.6 Å². The van der Waals surface area contributed by atoms with Crippen molar-refractivity contribution < 1.29 is 38.0 Å². The lowest BCUT2D eigenvalue weighted by atomic mass is 9.77. The zero-order valence-corrected chi connectivity index (χ0v) is 41.4. The highest BCUT2D eigenvalue weighted by atomic mass is 35.5. The van der Waals surface area contributed by atoms with Crippen molar-refractivity contribution in [2.24, 2.45) is 11.8 Å². The van der Waals surface area contributed by atoms with Crippen LogP contribution < -0.4 is 25.5 Å². The smallest absolute Gasteiger partial charge is 0.273 e. The Balaban J connectivity index is 0.000000834. The molecular weight excluding hydrogens is 890 g/mol. The summed E-state index contributed by atoms with van der Waals surface area (Å²) in [5.41, 5.74) is 10.7. The Labute approximate surface area is 405 Å². The number of hydroxylamine groups is 1. The Morgan fingerprint density at radius 3 is 2.30 bits per heavy atom. The number of amides is 2.